The first-order chi connectivity index (χ1) is 9.17. The zero-order valence-electron chi connectivity index (χ0n) is 10.7. The van der Waals surface area contributed by atoms with Crippen LogP contribution in [0.1, 0.15) is 5.56 Å². The van der Waals surface area contributed by atoms with Crippen LogP contribution < -0.4 is 11.1 Å². The number of benzene rings is 2. The van der Waals surface area contributed by atoms with E-state index >= 15 is 0 Å². The topological polar surface area (TPSA) is 55.1 Å². The molecular weight excluding hydrogens is 256 g/mol. The third-order valence-electron chi connectivity index (χ3n) is 2.58. The molecule has 1 amide bonds. The highest BCUT2D eigenvalue weighted by atomic mass is 32.2. The van der Waals surface area contributed by atoms with Crippen LogP contribution in [0.2, 0.25) is 0 Å². The van der Waals surface area contributed by atoms with E-state index in [4.69, 9.17) is 5.73 Å². The molecule has 0 saturated heterocycles. The van der Waals surface area contributed by atoms with Gasteiger partial charge in [-0.3, -0.25) is 4.79 Å². The monoisotopic (exact) mass is 272 g/mol. The van der Waals surface area contributed by atoms with Crippen molar-refractivity contribution in [3.8, 4) is 0 Å². The van der Waals surface area contributed by atoms with Gasteiger partial charge >= 0.3 is 0 Å². The number of carbonyl (C=O) groups excluding carboxylic acids is 1. The van der Waals surface area contributed by atoms with E-state index in [2.05, 4.69) is 36.5 Å². The third kappa shape index (κ3) is 4.12. The molecule has 0 aliphatic heterocycles. The Kier molecular flexibility index (Phi) is 4.60. The maximum atomic E-state index is 11.1. The Morgan fingerprint density at radius 3 is 2.11 bits per heavy atom. The lowest BCUT2D eigenvalue weighted by atomic mass is 10.2. The van der Waals surface area contributed by atoms with E-state index in [9.17, 15) is 4.79 Å². The van der Waals surface area contributed by atoms with Crippen LogP contribution in [0.4, 0.5) is 5.69 Å². The van der Waals surface area contributed by atoms with Crippen molar-refractivity contribution in [2.24, 2.45) is 5.73 Å². The summed E-state index contributed by atoms with van der Waals surface area (Å²) in [5.41, 5.74) is 7.27. The first kappa shape index (κ1) is 13.6. The van der Waals surface area contributed by atoms with Crippen LogP contribution in [0.5, 0.6) is 0 Å². The van der Waals surface area contributed by atoms with Crippen LogP contribution in [0.3, 0.4) is 0 Å². The summed E-state index contributed by atoms with van der Waals surface area (Å²) in [4.78, 5) is 13.5. The van der Waals surface area contributed by atoms with Crippen molar-refractivity contribution < 1.29 is 4.79 Å². The van der Waals surface area contributed by atoms with E-state index in [-0.39, 0.29) is 12.5 Å². The van der Waals surface area contributed by atoms with Crippen LogP contribution in [-0.2, 0) is 4.79 Å². The van der Waals surface area contributed by atoms with Crippen LogP contribution in [0, 0.1) is 6.92 Å². The summed E-state index contributed by atoms with van der Waals surface area (Å²) >= 11 is 1.69. The molecule has 0 bridgehead atoms. The molecule has 0 aromatic heterocycles. The van der Waals surface area contributed by atoms with Gasteiger partial charge in [-0.05, 0) is 43.3 Å². The van der Waals surface area contributed by atoms with Crippen LogP contribution >= 0.6 is 11.8 Å². The predicted molar refractivity (Wildman–Crippen MR) is 79.4 cm³/mol. The fourth-order valence-corrected chi connectivity index (χ4v) is 2.38. The van der Waals surface area contributed by atoms with Gasteiger partial charge in [0.05, 0.1) is 6.54 Å². The predicted octanol–water partition coefficient (Wildman–Crippen LogP) is 3.04. The zero-order valence-corrected chi connectivity index (χ0v) is 11.5. The molecule has 19 heavy (non-hydrogen) atoms. The fourth-order valence-electron chi connectivity index (χ4n) is 1.56. The van der Waals surface area contributed by atoms with Crippen LogP contribution in [-0.4, -0.2) is 12.5 Å². The van der Waals surface area contributed by atoms with E-state index in [1.807, 2.05) is 24.3 Å². The second kappa shape index (κ2) is 6.41. The average Bonchev–Trinajstić information content (AvgIpc) is 2.43. The molecule has 0 unspecified atom stereocenters. The Morgan fingerprint density at radius 1 is 1.05 bits per heavy atom. The largest absolute Gasteiger partial charge is 0.325 e. The molecule has 0 heterocycles. The van der Waals surface area contributed by atoms with Gasteiger partial charge in [-0.2, -0.15) is 0 Å². The summed E-state index contributed by atoms with van der Waals surface area (Å²) in [6.45, 7) is 2.07. The molecule has 0 aliphatic carbocycles. The Labute approximate surface area is 117 Å². The van der Waals surface area contributed by atoms with Crippen molar-refractivity contribution in [1.29, 1.82) is 0 Å². The highest BCUT2D eigenvalue weighted by Gasteiger charge is 2.00. The minimum Gasteiger partial charge on any atom is -0.325 e. The molecule has 0 spiro atoms. The van der Waals surface area contributed by atoms with E-state index in [0.29, 0.717) is 0 Å². The Balaban J connectivity index is 2.02. The minimum atomic E-state index is -0.182. The lowest BCUT2D eigenvalue weighted by molar-refractivity contribution is -0.114. The summed E-state index contributed by atoms with van der Waals surface area (Å²) < 4.78 is 0. The molecule has 0 radical (unpaired) electrons. The summed E-state index contributed by atoms with van der Waals surface area (Å²) in [5, 5.41) is 2.72. The van der Waals surface area contributed by atoms with Gasteiger partial charge in [0.25, 0.3) is 0 Å². The van der Waals surface area contributed by atoms with Crippen molar-refractivity contribution in [1.82, 2.24) is 0 Å². The maximum Gasteiger partial charge on any atom is 0.238 e. The Morgan fingerprint density at radius 2 is 1.58 bits per heavy atom. The lowest BCUT2D eigenvalue weighted by Crippen LogP contribution is -2.21. The highest BCUT2D eigenvalue weighted by molar-refractivity contribution is 7.99. The van der Waals surface area contributed by atoms with E-state index in [1.54, 1.807) is 11.8 Å². The first-order valence-electron chi connectivity index (χ1n) is 6.02. The minimum absolute atomic E-state index is 0.000131. The molecule has 2 rings (SSSR count). The maximum absolute atomic E-state index is 11.1. The number of amides is 1. The molecular formula is C15H16N2OS. The smallest absolute Gasteiger partial charge is 0.238 e. The van der Waals surface area contributed by atoms with Crippen molar-refractivity contribution >= 4 is 23.4 Å². The standard InChI is InChI=1S/C15H16N2OS/c1-11-2-6-13(7-3-11)19-14-8-4-12(5-9-14)17-15(18)10-16/h2-9H,10,16H2,1H3,(H,17,18). The van der Waals surface area contributed by atoms with Crippen molar-refractivity contribution in [2.75, 3.05) is 11.9 Å². The number of carbonyl (C=O) groups is 1. The van der Waals surface area contributed by atoms with Gasteiger partial charge < -0.3 is 11.1 Å². The van der Waals surface area contributed by atoms with Gasteiger partial charge in [0.15, 0.2) is 0 Å². The molecule has 0 atom stereocenters. The van der Waals surface area contributed by atoms with Gasteiger partial charge in [0, 0.05) is 15.5 Å². The van der Waals surface area contributed by atoms with Gasteiger partial charge in [-0.25, -0.2) is 0 Å². The van der Waals surface area contributed by atoms with Crippen molar-refractivity contribution in [2.45, 2.75) is 16.7 Å². The van der Waals surface area contributed by atoms with Crippen molar-refractivity contribution in [3.63, 3.8) is 0 Å². The number of rotatable bonds is 4. The molecule has 3 nitrogen and oxygen atoms in total. The van der Waals surface area contributed by atoms with Crippen LogP contribution in [0.15, 0.2) is 58.3 Å². The summed E-state index contributed by atoms with van der Waals surface area (Å²) in [6, 6.07) is 16.1. The molecule has 0 fully saturated rings. The Hall–Kier alpha value is -1.78. The fraction of sp³-hybridized carbons (Fsp3) is 0.133. The van der Waals surface area contributed by atoms with Gasteiger partial charge in [0.1, 0.15) is 0 Å². The van der Waals surface area contributed by atoms with Crippen LogP contribution in [0.25, 0.3) is 0 Å². The van der Waals surface area contributed by atoms with E-state index in [1.165, 1.54) is 10.5 Å². The normalized spacial score (nSPS) is 10.2. The molecule has 2 aromatic carbocycles. The molecule has 4 heteroatoms. The summed E-state index contributed by atoms with van der Waals surface area (Å²) in [7, 11) is 0. The van der Waals surface area contributed by atoms with Crippen molar-refractivity contribution in [3.05, 3.63) is 54.1 Å². The zero-order chi connectivity index (χ0) is 13.7. The van der Waals surface area contributed by atoms with Gasteiger partial charge in [0.2, 0.25) is 5.91 Å². The highest BCUT2D eigenvalue weighted by Crippen LogP contribution is 2.28. The number of aryl methyl sites for hydroxylation is 1. The molecule has 0 aliphatic rings. The summed E-state index contributed by atoms with van der Waals surface area (Å²) in [6.07, 6.45) is 0. The summed E-state index contributed by atoms with van der Waals surface area (Å²) in [5.74, 6) is -0.182. The second-order valence-corrected chi connectivity index (χ2v) is 5.34. The first-order valence-corrected chi connectivity index (χ1v) is 6.83. The van der Waals surface area contributed by atoms with Gasteiger partial charge in [-0.15, -0.1) is 0 Å². The third-order valence-corrected chi connectivity index (χ3v) is 3.60. The number of hydrogen-bond acceptors (Lipinski definition) is 3. The molecule has 3 N–H and O–H groups in total. The van der Waals surface area contributed by atoms with E-state index < -0.39 is 0 Å². The number of nitrogens with two attached hydrogens (primary N) is 1. The average molecular weight is 272 g/mol. The number of hydrogen-bond donors (Lipinski definition) is 2. The Bertz CT molecular complexity index is 549. The molecule has 2 aromatic rings. The van der Waals surface area contributed by atoms with E-state index in [0.717, 1.165) is 10.6 Å². The number of anilines is 1. The molecule has 0 saturated carbocycles. The second-order valence-electron chi connectivity index (χ2n) is 4.19. The lowest BCUT2D eigenvalue weighted by Gasteiger charge is -2.05. The SMILES string of the molecule is Cc1ccc(Sc2ccc(NC(=O)CN)cc2)cc1. The van der Waals surface area contributed by atoms with Gasteiger partial charge in [-0.1, -0.05) is 29.5 Å². The number of nitrogens with one attached hydrogen (secondary N) is 1. The molecule has 98 valence electrons. The quantitative estimate of drug-likeness (QED) is 0.899.